The largest absolute Gasteiger partial charge is 0.394 e. The van der Waals surface area contributed by atoms with Crippen LogP contribution in [0.4, 0.5) is 0 Å². The topological polar surface area (TPSA) is 228 Å². The van der Waals surface area contributed by atoms with E-state index in [1.54, 1.807) is 6.08 Å². The van der Waals surface area contributed by atoms with Crippen LogP contribution in [0.25, 0.3) is 0 Å². The number of carbonyl (C=O) groups excluding carboxylic acids is 1. The molecule has 14 nitrogen and oxygen atoms in total. The maximum absolute atomic E-state index is 13.3. The molecule has 0 aromatic heterocycles. The van der Waals surface area contributed by atoms with Gasteiger partial charge in [0.25, 0.3) is 0 Å². The molecule has 0 spiro atoms. The van der Waals surface area contributed by atoms with E-state index in [1.165, 1.54) is 199 Å². The Morgan fingerprint density at radius 3 is 1.24 bits per heavy atom. The van der Waals surface area contributed by atoms with E-state index in [-0.39, 0.29) is 18.9 Å². The molecule has 0 radical (unpaired) electrons. The molecule has 9 N–H and O–H groups in total. The summed E-state index contributed by atoms with van der Waals surface area (Å²) in [6, 6.07) is -0.935. The molecular formula is C65H121NO13. The van der Waals surface area contributed by atoms with Crippen LogP contribution in [-0.2, 0) is 23.7 Å². The van der Waals surface area contributed by atoms with Crippen molar-refractivity contribution in [2.75, 3.05) is 19.8 Å². The number of aliphatic hydroxyl groups is 8. The first-order valence-electron chi connectivity index (χ1n) is 32.7. The predicted molar refractivity (Wildman–Crippen MR) is 318 cm³/mol. The van der Waals surface area contributed by atoms with Crippen LogP contribution in [0, 0.1) is 0 Å². The number of unbranched alkanes of at least 4 members (excludes halogenated alkanes) is 36. The van der Waals surface area contributed by atoms with Crippen molar-refractivity contribution in [3.05, 3.63) is 36.5 Å². The van der Waals surface area contributed by atoms with Gasteiger partial charge in [0.05, 0.1) is 32.0 Å². The van der Waals surface area contributed by atoms with Gasteiger partial charge in [0.2, 0.25) is 5.91 Å². The molecule has 0 aliphatic carbocycles. The Hall–Kier alpha value is -1.79. The third-order valence-corrected chi connectivity index (χ3v) is 16.1. The van der Waals surface area contributed by atoms with Crippen molar-refractivity contribution < 1.29 is 64.6 Å². The van der Waals surface area contributed by atoms with Gasteiger partial charge in [-0.2, -0.15) is 0 Å². The number of aliphatic hydroxyl groups excluding tert-OH is 8. The number of rotatable bonds is 53. The Balaban J connectivity index is 1.65. The number of carbonyl (C=O) groups is 1. The van der Waals surface area contributed by atoms with E-state index >= 15 is 0 Å². The summed E-state index contributed by atoms with van der Waals surface area (Å²) in [6.07, 6.45) is 46.5. The summed E-state index contributed by atoms with van der Waals surface area (Å²) in [7, 11) is 0. The second-order valence-corrected chi connectivity index (χ2v) is 23.2. The monoisotopic (exact) mass is 1120 g/mol. The summed E-state index contributed by atoms with van der Waals surface area (Å²) in [5, 5.41) is 87.1. The zero-order valence-corrected chi connectivity index (χ0v) is 50.1. The predicted octanol–water partition coefficient (Wildman–Crippen LogP) is 12.2. The van der Waals surface area contributed by atoms with E-state index in [1.807, 2.05) is 6.08 Å². The van der Waals surface area contributed by atoms with Crippen LogP contribution in [0.2, 0.25) is 0 Å². The molecule has 0 saturated carbocycles. The van der Waals surface area contributed by atoms with Crippen molar-refractivity contribution in [3.8, 4) is 0 Å². The van der Waals surface area contributed by atoms with Gasteiger partial charge in [0.1, 0.15) is 48.8 Å². The molecule has 0 aromatic rings. The number of nitrogens with one attached hydrogen (secondary N) is 1. The van der Waals surface area contributed by atoms with Gasteiger partial charge in [-0.25, -0.2) is 0 Å². The number of hydrogen-bond acceptors (Lipinski definition) is 13. The summed E-state index contributed by atoms with van der Waals surface area (Å²) >= 11 is 0. The second kappa shape index (κ2) is 50.7. The summed E-state index contributed by atoms with van der Waals surface area (Å²) < 4.78 is 22.8. The van der Waals surface area contributed by atoms with E-state index in [2.05, 4.69) is 43.5 Å². The van der Waals surface area contributed by atoms with Gasteiger partial charge < -0.3 is 65.1 Å². The summed E-state index contributed by atoms with van der Waals surface area (Å²) in [6.45, 7) is 2.77. The number of amides is 1. The third-order valence-electron chi connectivity index (χ3n) is 16.1. The van der Waals surface area contributed by atoms with Crippen LogP contribution in [0.5, 0.6) is 0 Å². The molecule has 2 heterocycles. The molecule has 1 amide bonds. The van der Waals surface area contributed by atoms with Gasteiger partial charge in [-0.05, 0) is 44.9 Å². The fourth-order valence-electron chi connectivity index (χ4n) is 10.8. The molecule has 12 unspecified atom stereocenters. The lowest BCUT2D eigenvalue weighted by Crippen LogP contribution is -2.65. The van der Waals surface area contributed by atoms with E-state index in [4.69, 9.17) is 18.9 Å². The van der Waals surface area contributed by atoms with E-state index in [0.717, 1.165) is 44.9 Å². The fraction of sp³-hybridized carbons (Fsp3) is 0.892. The molecular weight excluding hydrogens is 1000 g/mol. The van der Waals surface area contributed by atoms with Crippen LogP contribution in [0.1, 0.15) is 277 Å². The molecule has 2 aliphatic heterocycles. The lowest BCUT2D eigenvalue weighted by Gasteiger charge is -2.46. The van der Waals surface area contributed by atoms with Gasteiger partial charge in [0, 0.05) is 6.42 Å². The Labute approximate surface area is 481 Å². The van der Waals surface area contributed by atoms with Gasteiger partial charge in [-0.1, -0.05) is 262 Å². The maximum Gasteiger partial charge on any atom is 0.220 e. The molecule has 2 saturated heterocycles. The Kier molecular flexibility index (Phi) is 47.0. The quantitative estimate of drug-likeness (QED) is 0.0204. The smallest absolute Gasteiger partial charge is 0.220 e. The minimum absolute atomic E-state index is 0.249. The molecule has 464 valence electrons. The highest BCUT2D eigenvalue weighted by Crippen LogP contribution is 2.30. The highest BCUT2D eigenvalue weighted by molar-refractivity contribution is 5.76. The molecule has 2 fully saturated rings. The van der Waals surface area contributed by atoms with E-state index in [0.29, 0.717) is 12.8 Å². The van der Waals surface area contributed by atoms with Crippen LogP contribution in [0.15, 0.2) is 36.5 Å². The van der Waals surface area contributed by atoms with E-state index < -0.39 is 86.8 Å². The first-order valence-corrected chi connectivity index (χ1v) is 32.7. The van der Waals surface area contributed by atoms with Gasteiger partial charge in [0.15, 0.2) is 12.6 Å². The Morgan fingerprint density at radius 1 is 0.443 bits per heavy atom. The lowest BCUT2D eigenvalue weighted by atomic mass is 9.97. The fourth-order valence-corrected chi connectivity index (χ4v) is 10.8. The van der Waals surface area contributed by atoms with Crippen LogP contribution in [0.3, 0.4) is 0 Å². The summed E-state index contributed by atoms with van der Waals surface area (Å²) in [5.74, 6) is -0.249. The summed E-state index contributed by atoms with van der Waals surface area (Å²) in [4.78, 5) is 13.3. The van der Waals surface area contributed by atoms with Crippen LogP contribution < -0.4 is 5.32 Å². The Bertz CT molecular complexity index is 1460. The van der Waals surface area contributed by atoms with Crippen molar-refractivity contribution in [1.29, 1.82) is 0 Å². The maximum atomic E-state index is 13.3. The Morgan fingerprint density at radius 2 is 0.810 bits per heavy atom. The van der Waals surface area contributed by atoms with Crippen molar-refractivity contribution >= 4 is 5.91 Å². The first-order chi connectivity index (χ1) is 38.6. The van der Waals surface area contributed by atoms with Crippen LogP contribution in [-0.4, -0.2) is 140 Å². The van der Waals surface area contributed by atoms with Gasteiger partial charge >= 0.3 is 0 Å². The minimum atomic E-state index is -1.79. The zero-order valence-electron chi connectivity index (χ0n) is 50.1. The lowest BCUT2D eigenvalue weighted by molar-refractivity contribution is -0.359. The van der Waals surface area contributed by atoms with Gasteiger partial charge in [-0.15, -0.1) is 0 Å². The molecule has 0 aromatic carbocycles. The minimum Gasteiger partial charge on any atom is -0.394 e. The molecule has 79 heavy (non-hydrogen) atoms. The molecule has 0 bridgehead atoms. The standard InChI is InChI=1S/C65H121NO13/c1-3-5-7-9-11-13-15-17-19-20-21-22-23-24-25-26-27-28-29-30-31-32-33-34-35-37-39-41-43-45-47-49-57(70)66-53(54(69)48-46-44-42-40-38-36-18-16-14-12-10-8-6-4-2)52-76-64-62(75)60(73)63(56(51-68)78-64)79-65-61(74)59(72)58(71)55(50-67)77-65/h14,16,38,40,46,48,53-56,58-65,67-69,71-75H,3-13,15,17-37,39,41-45,47,49-52H2,1-2H3,(H,66,70)/b16-14+,40-38+,48-46+. The average Bonchev–Trinajstić information content (AvgIpc) is 3.48. The number of ether oxygens (including phenoxy) is 4. The number of allylic oxidation sites excluding steroid dienone is 5. The number of hydrogen-bond donors (Lipinski definition) is 9. The molecule has 2 aliphatic rings. The van der Waals surface area contributed by atoms with Gasteiger partial charge in [-0.3, -0.25) is 4.79 Å². The average molecular weight is 1120 g/mol. The summed E-state index contributed by atoms with van der Waals surface area (Å²) in [5.41, 5.74) is 0. The van der Waals surface area contributed by atoms with E-state index in [9.17, 15) is 45.6 Å². The molecule has 12 atom stereocenters. The second-order valence-electron chi connectivity index (χ2n) is 23.2. The highest BCUT2D eigenvalue weighted by atomic mass is 16.7. The van der Waals surface area contributed by atoms with Crippen molar-refractivity contribution in [2.24, 2.45) is 0 Å². The molecule has 14 heteroatoms. The van der Waals surface area contributed by atoms with Crippen molar-refractivity contribution in [2.45, 2.75) is 351 Å². The highest BCUT2D eigenvalue weighted by Gasteiger charge is 2.51. The molecule has 2 rings (SSSR count). The van der Waals surface area contributed by atoms with Crippen LogP contribution >= 0.6 is 0 Å². The zero-order chi connectivity index (χ0) is 57.4. The van der Waals surface area contributed by atoms with Crippen molar-refractivity contribution in [3.63, 3.8) is 0 Å². The third kappa shape index (κ3) is 35.8. The SMILES string of the molecule is CCCCCC/C=C/CC/C=C/CC/C=C/C(O)C(COC1OC(CO)C(OC2OC(CO)C(O)C(O)C2O)C(O)C1O)NC(=O)CCCCCCCCCCCCCCCCCCCCCCCCCCCCCCCCC. The normalized spacial score (nSPS) is 24.6. The first kappa shape index (κ1) is 73.3. The van der Waals surface area contributed by atoms with Crippen molar-refractivity contribution in [1.82, 2.24) is 5.32 Å².